The molecule has 1 aromatic carbocycles. The Balaban J connectivity index is 2.32. The highest BCUT2D eigenvalue weighted by Gasteiger charge is 2.39. The summed E-state index contributed by atoms with van der Waals surface area (Å²) < 4.78 is 27.4. The van der Waals surface area contributed by atoms with Gasteiger partial charge in [0, 0.05) is 5.54 Å². The molecule has 1 unspecified atom stereocenters. The molecule has 1 aliphatic heterocycles. The number of hydrogen-bond donors (Lipinski definition) is 1. The van der Waals surface area contributed by atoms with Crippen LogP contribution in [-0.2, 0) is 0 Å². The molecule has 1 N–H and O–H groups in total. The Hall–Kier alpha value is -1.00. The molecule has 1 heterocycles. The molecule has 1 saturated heterocycles. The average Bonchev–Trinajstić information content (AvgIpc) is 2.82. The van der Waals surface area contributed by atoms with E-state index in [1.54, 1.807) is 0 Å². The summed E-state index contributed by atoms with van der Waals surface area (Å²) >= 11 is 0. The van der Waals surface area contributed by atoms with Crippen molar-refractivity contribution in [3.05, 3.63) is 35.4 Å². The van der Waals surface area contributed by atoms with Crippen LogP contribution < -0.4 is 0 Å². The van der Waals surface area contributed by atoms with E-state index in [9.17, 15) is 13.9 Å². The molecule has 0 spiro atoms. The normalized spacial score (nSPS) is 19.2. The van der Waals surface area contributed by atoms with Crippen molar-refractivity contribution in [2.75, 3.05) is 13.1 Å². The summed E-state index contributed by atoms with van der Waals surface area (Å²) in [6, 6.07) is 3.67. The molecule has 100 valence electrons. The smallest absolute Gasteiger partial charge is 0.132 e. The molecule has 1 aromatic rings. The van der Waals surface area contributed by atoms with Crippen LogP contribution in [0.3, 0.4) is 0 Å². The summed E-state index contributed by atoms with van der Waals surface area (Å²) in [4.78, 5) is 2.09. The summed E-state index contributed by atoms with van der Waals surface area (Å²) in [6.45, 7) is 5.38. The molecule has 4 heteroatoms. The standard InChI is InChI=1S/C14H19F2NO/c1-14(2,17-8-3-4-9-17)13(18)12-10(15)6-5-7-11(12)16/h5-7,13,18H,3-4,8-9H2,1-2H3. The minimum absolute atomic E-state index is 0.227. The highest BCUT2D eigenvalue weighted by Crippen LogP contribution is 2.35. The average molecular weight is 255 g/mol. The van der Waals surface area contributed by atoms with E-state index in [1.165, 1.54) is 18.2 Å². The zero-order valence-corrected chi connectivity index (χ0v) is 10.8. The Labute approximate surface area is 106 Å². The van der Waals surface area contributed by atoms with E-state index < -0.39 is 23.3 Å². The first-order chi connectivity index (χ1) is 8.44. The lowest BCUT2D eigenvalue weighted by molar-refractivity contribution is -0.00277. The number of likely N-dealkylation sites (tertiary alicyclic amines) is 1. The van der Waals surface area contributed by atoms with E-state index in [-0.39, 0.29) is 5.56 Å². The third-order valence-corrected chi connectivity index (χ3v) is 3.86. The van der Waals surface area contributed by atoms with E-state index in [2.05, 4.69) is 4.90 Å². The summed E-state index contributed by atoms with van der Waals surface area (Å²) in [5.41, 5.74) is -0.895. The number of nitrogens with zero attached hydrogens (tertiary/aromatic N) is 1. The molecule has 0 amide bonds. The van der Waals surface area contributed by atoms with Crippen molar-refractivity contribution in [3.8, 4) is 0 Å². The molecule has 2 rings (SSSR count). The lowest BCUT2D eigenvalue weighted by atomic mass is 9.89. The van der Waals surface area contributed by atoms with Gasteiger partial charge in [0.05, 0.1) is 5.56 Å². The lowest BCUT2D eigenvalue weighted by Crippen LogP contribution is -2.47. The fourth-order valence-corrected chi connectivity index (χ4v) is 2.59. The maximum Gasteiger partial charge on any atom is 0.132 e. The molecule has 0 aliphatic carbocycles. The van der Waals surface area contributed by atoms with Crippen LogP contribution in [0.1, 0.15) is 38.4 Å². The van der Waals surface area contributed by atoms with Crippen LogP contribution in [0.25, 0.3) is 0 Å². The van der Waals surface area contributed by atoms with Crippen molar-refractivity contribution in [1.29, 1.82) is 0 Å². The van der Waals surface area contributed by atoms with Gasteiger partial charge >= 0.3 is 0 Å². The van der Waals surface area contributed by atoms with Crippen LogP contribution in [0.5, 0.6) is 0 Å². The van der Waals surface area contributed by atoms with Crippen molar-refractivity contribution < 1.29 is 13.9 Å². The molecule has 18 heavy (non-hydrogen) atoms. The second-order valence-electron chi connectivity index (χ2n) is 5.39. The Bertz CT molecular complexity index is 408. The molecule has 1 aliphatic rings. The monoisotopic (exact) mass is 255 g/mol. The summed E-state index contributed by atoms with van der Waals surface area (Å²) in [5, 5.41) is 10.3. The van der Waals surface area contributed by atoms with E-state index >= 15 is 0 Å². The number of rotatable bonds is 3. The van der Waals surface area contributed by atoms with Gasteiger partial charge in [0.15, 0.2) is 0 Å². The minimum atomic E-state index is -1.17. The molecule has 0 radical (unpaired) electrons. The van der Waals surface area contributed by atoms with Gasteiger partial charge in [0.2, 0.25) is 0 Å². The number of halogens is 2. The van der Waals surface area contributed by atoms with Crippen molar-refractivity contribution in [2.45, 2.75) is 38.3 Å². The number of benzene rings is 1. The summed E-state index contributed by atoms with van der Waals surface area (Å²) in [6.07, 6.45) is 0.961. The largest absolute Gasteiger partial charge is 0.386 e. The van der Waals surface area contributed by atoms with Gasteiger partial charge in [-0.2, -0.15) is 0 Å². The third-order valence-electron chi connectivity index (χ3n) is 3.86. The van der Waals surface area contributed by atoms with Crippen LogP contribution >= 0.6 is 0 Å². The SMILES string of the molecule is CC(C)(C(O)c1c(F)cccc1F)N1CCCC1. The van der Waals surface area contributed by atoms with Crippen LogP contribution in [0.4, 0.5) is 8.78 Å². The van der Waals surface area contributed by atoms with Gasteiger partial charge in [0.25, 0.3) is 0 Å². The van der Waals surface area contributed by atoms with Crippen molar-refractivity contribution in [3.63, 3.8) is 0 Å². The molecular formula is C14H19F2NO. The molecule has 0 saturated carbocycles. The zero-order valence-electron chi connectivity index (χ0n) is 10.8. The minimum Gasteiger partial charge on any atom is -0.386 e. The topological polar surface area (TPSA) is 23.5 Å². The van der Waals surface area contributed by atoms with E-state index in [4.69, 9.17) is 0 Å². The van der Waals surface area contributed by atoms with E-state index in [0.29, 0.717) is 0 Å². The number of aliphatic hydroxyl groups excluding tert-OH is 1. The van der Waals surface area contributed by atoms with Crippen molar-refractivity contribution >= 4 is 0 Å². The zero-order chi connectivity index (χ0) is 13.3. The highest BCUT2D eigenvalue weighted by molar-refractivity contribution is 5.25. The Morgan fingerprint density at radius 1 is 1.17 bits per heavy atom. The van der Waals surface area contributed by atoms with Gasteiger partial charge in [0.1, 0.15) is 17.7 Å². The van der Waals surface area contributed by atoms with E-state index in [0.717, 1.165) is 25.9 Å². The Kier molecular flexibility index (Phi) is 3.69. The predicted octanol–water partition coefficient (Wildman–Crippen LogP) is 2.87. The van der Waals surface area contributed by atoms with Gasteiger partial charge in [-0.25, -0.2) is 8.78 Å². The molecular weight excluding hydrogens is 236 g/mol. The molecule has 0 aromatic heterocycles. The van der Waals surface area contributed by atoms with Crippen molar-refractivity contribution in [2.24, 2.45) is 0 Å². The van der Waals surface area contributed by atoms with Gasteiger partial charge < -0.3 is 5.11 Å². The van der Waals surface area contributed by atoms with Crippen molar-refractivity contribution in [1.82, 2.24) is 4.90 Å². The molecule has 1 fully saturated rings. The quantitative estimate of drug-likeness (QED) is 0.897. The fraction of sp³-hybridized carbons (Fsp3) is 0.571. The number of aliphatic hydroxyl groups is 1. The molecule has 0 bridgehead atoms. The van der Waals surface area contributed by atoms with Gasteiger partial charge in [-0.3, -0.25) is 4.90 Å². The maximum atomic E-state index is 13.7. The molecule has 1 atom stereocenters. The summed E-state index contributed by atoms with van der Waals surface area (Å²) in [5.74, 6) is -1.37. The first-order valence-electron chi connectivity index (χ1n) is 6.31. The Morgan fingerprint density at radius 3 is 2.17 bits per heavy atom. The van der Waals surface area contributed by atoms with Gasteiger partial charge in [-0.15, -0.1) is 0 Å². The maximum absolute atomic E-state index is 13.7. The van der Waals surface area contributed by atoms with Crippen LogP contribution in [0.15, 0.2) is 18.2 Å². The predicted molar refractivity (Wildman–Crippen MR) is 66.2 cm³/mol. The third kappa shape index (κ3) is 2.27. The second-order valence-corrected chi connectivity index (χ2v) is 5.39. The van der Waals surface area contributed by atoms with Crippen LogP contribution in [-0.4, -0.2) is 28.6 Å². The fourth-order valence-electron chi connectivity index (χ4n) is 2.59. The highest BCUT2D eigenvalue weighted by atomic mass is 19.1. The van der Waals surface area contributed by atoms with E-state index in [1.807, 2.05) is 13.8 Å². The van der Waals surface area contributed by atoms with Gasteiger partial charge in [-0.1, -0.05) is 6.07 Å². The lowest BCUT2D eigenvalue weighted by Gasteiger charge is -2.39. The van der Waals surface area contributed by atoms with Crippen LogP contribution in [0.2, 0.25) is 0 Å². The summed E-state index contributed by atoms with van der Waals surface area (Å²) in [7, 11) is 0. The number of hydrogen-bond acceptors (Lipinski definition) is 2. The first kappa shape index (κ1) is 13.4. The van der Waals surface area contributed by atoms with Crippen LogP contribution in [0, 0.1) is 11.6 Å². The Morgan fingerprint density at radius 2 is 1.67 bits per heavy atom. The first-order valence-corrected chi connectivity index (χ1v) is 6.31. The second kappa shape index (κ2) is 4.94. The molecule has 2 nitrogen and oxygen atoms in total. The van der Waals surface area contributed by atoms with Gasteiger partial charge in [-0.05, 0) is 51.9 Å².